The molecule has 0 aliphatic heterocycles. The van der Waals surface area contributed by atoms with Crippen LogP contribution >= 0.6 is 0 Å². The van der Waals surface area contributed by atoms with Gasteiger partial charge in [-0.3, -0.25) is 0 Å². The molecule has 112 valence electrons. The summed E-state index contributed by atoms with van der Waals surface area (Å²) in [5, 5.41) is 12.4. The number of halogens is 2. The molecule has 1 aromatic rings. The number of rotatable bonds is 6. The SMILES string of the molecule is OC(CNc1c(F)cccc1F)COC1CCCCC1. The molecule has 1 aliphatic rings. The highest BCUT2D eigenvalue weighted by atomic mass is 19.1. The van der Waals surface area contributed by atoms with Crippen molar-refractivity contribution < 1.29 is 18.6 Å². The van der Waals surface area contributed by atoms with Gasteiger partial charge in [0.1, 0.15) is 17.3 Å². The maximum atomic E-state index is 13.4. The third-order valence-corrected chi connectivity index (χ3v) is 3.55. The Kier molecular flexibility index (Phi) is 5.73. The van der Waals surface area contributed by atoms with Crippen LogP contribution in [0.4, 0.5) is 14.5 Å². The Morgan fingerprint density at radius 1 is 1.20 bits per heavy atom. The van der Waals surface area contributed by atoms with Gasteiger partial charge in [-0.2, -0.15) is 0 Å². The average molecular weight is 285 g/mol. The molecule has 0 aromatic heterocycles. The highest BCUT2D eigenvalue weighted by Gasteiger charge is 2.16. The predicted octanol–water partition coefficient (Wildman–Crippen LogP) is 3.09. The van der Waals surface area contributed by atoms with Crippen LogP contribution in [0.1, 0.15) is 32.1 Å². The van der Waals surface area contributed by atoms with Gasteiger partial charge in [0.05, 0.1) is 18.8 Å². The first kappa shape index (κ1) is 15.2. The molecule has 0 amide bonds. The van der Waals surface area contributed by atoms with Crippen molar-refractivity contribution in [1.82, 2.24) is 0 Å². The van der Waals surface area contributed by atoms with Crippen molar-refractivity contribution in [3.63, 3.8) is 0 Å². The number of anilines is 1. The summed E-state index contributed by atoms with van der Waals surface area (Å²) in [7, 11) is 0. The van der Waals surface area contributed by atoms with Crippen LogP contribution in [0, 0.1) is 11.6 Å². The number of para-hydroxylation sites is 1. The van der Waals surface area contributed by atoms with E-state index in [1.54, 1.807) is 0 Å². The van der Waals surface area contributed by atoms with Gasteiger partial charge in [0.15, 0.2) is 0 Å². The van der Waals surface area contributed by atoms with Crippen molar-refractivity contribution in [3.8, 4) is 0 Å². The van der Waals surface area contributed by atoms with E-state index in [2.05, 4.69) is 5.32 Å². The lowest BCUT2D eigenvalue weighted by molar-refractivity contribution is -0.0195. The van der Waals surface area contributed by atoms with E-state index in [9.17, 15) is 13.9 Å². The molecule has 2 N–H and O–H groups in total. The zero-order chi connectivity index (χ0) is 14.4. The van der Waals surface area contributed by atoms with E-state index >= 15 is 0 Å². The minimum absolute atomic E-state index is 0.0601. The first-order valence-corrected chi connectivity index (χ1v) is 7.14. The fraction of sp³-hybridized carbons (Fsp3) is 0.600. The summed E-state index contributed by atoms with van der Waals surface area (Å²) in [4.78, 5) is 0. The number of aliphatic hydroxyl groups is 1. The Morgan fingerprint density at radius 3 is 2.50 bits per heavy atom. The lowest BCUT2D eigenvalue weighted by Crippen LogP contribution is -2.29. The Bertz CT molecular complexity index is 402. The van der Waals surface area contributed by atoms with Crippen molar-refractivity contribution in [3.05, 3.63) is 29.8 Å². The number of nitrogens with one attached hydrogen (secondary N) is 1. The van der Waals surface area contributed by atoms with Crippen LogP contribution in [0.5, 0.6) is 0 Å². The van der Waals surface area contributed by atoms with Crippen LogP contribution in [0.25, 0.3) is 0 Å². The lowest BCUT2D eigenvalue weighted by Gasteiger charge is -2.23. The van der Waals surface area contributed by atoms with Gasteiger partial charge in [-0.05, 0) is 25.0 Å². The van der Waals surface area contributed by atoms with Gasteiger partial charge in [0.25, 0.3) is 0 Å². The van der Waals surface area contributed by atoms with Crippen molar-refractivity contribution in [2.75, 3.05) is 18.5 Å². The topological polar surface area (TPSA) is 41.5 Å². The molecule has 0 saturated heterocycles. The number of ether oxygens (including phenoxy) is 1. The van der Waals surface area contributed by atoms with E-state index in [0.29, 0.717) is 0 Å². The molecule has 1 fully saturated rings. The molecule has 0 heterocycles. The van der Waals surface area contributed by atoms with Crippen LogP contribution < -0.4 is 5.32 Å². The Labute approximate surface area is 117 Å². The molecule has 5 heteroatoms. The van der Waals surface area contributed by atoms with Gasteiger partial charge in [-0.15, -0.1) is 0 Å². The van der Waals surface area contributed by atoms with Crippen LogP contribution in [-0.4, -0.2) is 30.5 Å². The summed E-state index contributed by atoms with van der Waals surface area (Å²) in [6.07, 6.45) is 5.07. The maximum absolute atomic E-state index is 13.4. The summed E-state index contributed by atoms with van der Waals surface area (Å²) in [5.41, 5.74) is -0.204. The van der Waals surface area contributed by atoms with Crippen LogP contribution in [0.2, 0.25) is 0 Å². The first-order valence-electron chi connectivity index (χ1n) is 7.14. The van der Waals surface area contributed by atoms with Gasteiger partial charge in [-0.25, -0.2) is 8.78 Å². The fourth-order valence-electron chi connectivity index (χ4n) is 2.42. The second-order valence-electron chi connectivity index (χ2n) is 5.22. The summed E-state index contributed by atoms with van der Waals surface area (Å²) >= 11 is 0. The quantitative estimate of drug-likeness (QED) is 0.844. The zero-order valence-corrected chi connectivity index (χ0v) is 11.4. The molecule has 0 bridgehead atoms. The highest BCUT2D eigenvalue weighted by Crippen LogP contribution is 2.21. The second-order valence-corrected chi connectivity index (χ2v) is 5.22. The minimum atomic E-state index is -0.782. The summed E-state index contributed by atoms with van der Waals surface area (Å²) in [6, 6.07) is 3.66. The lowest BCUT2D eigenvalue weighted by atomic mass is 9.98. The molecular formula is C15H21F2NO2. The molecule has 1 aromatic carbocycles. The van der Waals surface area contributed by atoms with E-state index in [1.807, 2.05) is 0 Å². The minimum Gasteiger partial charge on any atom is -0.389 e. The van der Waals surface area contributed by atoms with Gasteiger partial charge in [0.2, 0.25) is 0 Å². The molecule has 1 saturated carbocycles. The van der Waals surface area contributed by atoms with E-state index in [4.69, 9.17) is 4.74 Å². The molecule has 0 radical (unpaired) electrons. The Hall–Kier alpha value is -1.20. The monoisotopic (exact) mass is 285 g/mol. The van der Waals surface area contributed by atoms with Gasteiger partial charge in [0, 0.05) is 6.54 Å². The summed E-state index contributed by atoms with van der Waals surface area (Å²) in [5.74, 6) is -1.32. The maximum Gasteiger partial charge on any atom is 0.149 e. The van der Waals surface area contributed by atoms with Crippen LogP contribution in [0.3, 0.4) is 0 Å². The summed E-state index contributed by atoms with van der Waals surface area (Å²) < 4.78 is 32.3. The number of hydrogen-bond acceptors (Lipinski definition) is 3. The van der Waals surface area contributed by atoms with Crippen molar-refractivity contribution in [2.24, 2.45) is 0 Å². The third-order valence-electron chi connectivity index (χ3n) is 3.55. The Balaban J connectivity index is 1.73. The third kappa shape index (κ3) is 4.42. The van der Waals surface area contributed by atoms with E-state index in [1.165, 1.54) is 37.5 Å². The Morgan fingerprint density at radius 2 is 1.85 bits per heavy atom. The van der Waals surface area contributed by atoms with Gasteiger partial charge >= 0.3 is 0 Å². The normalized spacial score (nSPS) is 17.9. The van der Waals surface area contributed by atoms with Crippen molar-refractivity contribution in [2.45, 2.75) is 44.3 Å². The predicted molar refractivity (Wildman–Crippen MR) is 73.7 cm³/mol. The van der Waals surface area contributed by atoms with E-state index in [0.717, 1.165) is 12.8 Å². The fourth-order valence-corrected chi connectivity index (χ4v) is 2.42. The van der Waals surface area contributed by atoms with Crippen molar-refractivity contribution >= 4 is 5.69 Å². The second kappa shape index (κ2) is 7.55. The van der Waals surface area contributed by atoms with Gasteiger partial charge < -0.3 is 15.2 Å². The van der Waals surface area contributed by atoms with E-state index < -0.39 is 17.7 Å². The van der Waals surface area contributed by atoms with Crippen LogP contribution in [-0.2, 0) is 4.74 Å². The first-order chi connectivity index (χ1) is 9.66. The van der Waals surface area contributed by atoms with Gasteiger partial charge in [-0.1, -0.05) is 25.3 Å². The standard InChI is InChI=1S/C15H21F2NO2/c16-13-7-4-8-14(17)15(13)18-9-11(19)10-20-12-5-2-1-3-6-12/h4,7-8,11-12,18-19H,1-3,5-6,9-10H2. The molecule has 2 rings (SSSR count). The molecule has 1 aliphatic carbocycles. The molecule has 3 nitrogen and oxygen atoms in total. The summed E-state index contributed by atoms with van der Waals surface area (Å²) in [6.45, 7) is 0.248. The highest BCUT2D eigenvalue weighted by molar-refractivity contribution is 5.46. The number of benzene rings is 1. The van der Waals surface area contributed by atoms with E-state index in [-0.39, 0.29) is 24.9 Å². The molecule has 1 atom stereocenters. The molecule has 0 spiro atoms. The largest absolute Gasteiger partial charge is 0.389 e. The number of hydrogen-bond donors (Lipinski definition) is 2. The number of aliphatic hydroxyl groups excluding tert-OH is 1. The smallest absolute Gasteiger partial charge is 0.149 e. The van der Waals surface area contributed by atoms with Crippen LogP contribution in [0.15, 0.2) is 18.2 Å². The zero-order valence-electron chi connectivity index (χ0n) is 11.4. The average Bonchev–Trinajstić information content (AvgIpc) is 2.46. The molecule has 1 unspecified atom stereocenters. The molecular weight excluding hydrogens is 264 g/mol. The van der Waals surface area contributed by atoms with Crippen molar-refractivity contribution in [1.29, 1.82) is 0 Å². The molecule has 20 heavy (non-hydrogen) atoms.